The van der Waals surface area contributed by atoms with Gasteiger partial charge in [-0.2, -0.15) is 0 Å². The third kappa shape index (κ3) is 3.28. The lowest BCUT2D eigenvalue weighted by Gasteiger charge is -2.27. The Bertz CT molecular complexity index is 401. The molecule has 1 rings (SSSR count). The largest absolute Gasteiger partial charge is 0.459 e. The molecule has 100 valence electrons. The van der Waals surface area contributed by atoms with Crippen molar-refractivity contribution in [3.8, 4) is 0 Å². The Labute approximate surface area is 107 Å². The smallest absolute Gasteiger partial charge is 0.324 e. The minimum atomic E-state index is -1.25. The number of allylic oxidation sites excluding steroid dienone is 1. The fourth-order valence-corrected chi connectivity index (χ4v) is 1.98. The van der Waals surface area contributed by atoms with Gasteiger partial charge in [-0.05, 0) is 46.6 Å². The van der Waals surface area contributed by atoms with Crippen molar-refractivity contribution in [3.63, 3.8) is 0 Å². The average Bonchev–Trinajstić information content (AvgIpc) is 2.55. The lowest BCUT2D eigenvalue weighted by Crippen LogP contribution is -2.39. The highest BCUT2D eigenvalue weighted by Gasteiger charge is 2.48. The van der Waals surface area contributed by atoms with Crippen LogP contribution in [0.2, 0.25) is 0 Å². The minimum absolute atomic E-state index is 0.158. The predicted molar refractivity (Wildman–Crippen MR) is 67.0 cm³/mol. The van der Waals surface area contributed by atoms with Crippen molar-refractivity contribution < 1.29 is 19.1 Å². The zero-order valence-corrected chi connectivity index (χ0v) is 11.4. The number of Topliss-reactive ketones (excluding diaryl/α,β-unsaturated/α-hetero) is 1. The number of carbonyl (C=O) groups excluding carboxylic acids is 3. The second kappa shape index (κ2) is 5.04. The van der Waals surface area contributed by atoms with Crippen LogP contribution in [0.1, 0.15) is 47.0 Å². The summed E-state index contributed by atoms with van der Waals surface area (Å²) in [4.78, 5) is 35.2. The summed E-state index contributed by atoms with van der Waals surface area (Å²) < 4.78 is 5.31. The maximum atomic E-state index is 12.2. The first-order valence-corrected chi connectivity index (χ1v) is 6.14. The van der Waals surface area contributed by atoms with Crippen molar-refractivity contribution in [3.05, 3.63) is 12.2 Å². The summed E-state index contributed by atoms with van der Waals surface area (Å²) in [7, 11) is 0. The molecule has 0 aliphatic heterocycles. The van der Waals surface area contributed by atoms with Gasteiger partial charge in [-0.25, -0.2) is 0 Å². The zero-order valence-electron chi connectivity index (χ0n) is 11.4. The van der Waals surface area contributed by atoms with Gasteiger partial charge in [0.2, 0.25) is 0 Å². The minimum Gasteiger partial charge on any atom is -0.459 e. The first kappa shape index (κ1) is 14.6. The molecule has 1 aliphatic carbocycles. The summed E-state index contributed by atoms with van der Waals surface area (Å²) in [6, 6.07) is 0. The van der Waals surface area contributed by atoms with Gasteiger partial charge < -0.3 is 4.74 Å². The van der Waals surface area contributed by atoms with Gasteiger partial charge in [0.05, 0.1) is 0 Å². The Kier molecular flexibility index (Phi) is 4.09. The Hall–Kier alpha value is -1.45. The molecule has 0 amide bonds. The Balaban J connectivity index is 3.02. The number of carbonyl (C=O) groups is 3. The van der Waals surface area contributed by atoms with E-state index in [4.69, 9.17) is 4.74 Å². The first-order chi connectivity index (χ1) is 8.17. The molecule has 4 nitrogen and oxygen atoms in total. The molecule has 0 heterocycles. The second-order valence-electron chi connectivity index (χ2n) is 5.69. The van der Waals surface area contributed by atoms with Gasteiger partial charge in [0.25, 0.3) is 0 Å². The molecule has 0 unspecified atom stereocenters. The molecular weight excluding hydrogens is 232 g/mol. The van der Waals surface area contributed by atoms with Crippen molar-refractivity contribution in [2.45, 2.75) is 52.6 Å². The number of esters is 1. The van der Waals surface area contributed by atoms with Crippen LogP contribution in [0.15, 0.2) is 12.2 Å². The Morgan fingerprint density at radius 3 is 2.33 bits per heavy atom. The molecule has 0 saturated heterocycles. The molecule has 1 aliphatic rings. The van der Waals surface area contributed by atoms with Gasteiger partial charge in [-0.1, -0.05) is 6.08 Å². The van der Waals surface area contributed by atoms with E-state index in [9.17, 15) is 14.4 Å². The van der Waals surface area contributed by atoms with Gasteiger partial charge in [0.1, 0.15) is 11.0 Å². The van der Waals surface area contributed by atoms with Crippen LogP contribution in [-0.4, -0.2) is 23.1 Å². The molecule has 0 spiro atoms. The van der Waals surface area contributed by atoms with Crippen molar-refractivity contribution in [2.75, 3.05) is 0 Å². The van der Waals surface area contributed by atoms with Gasteiger partial charge in [-0.15, -0.1) is 0 Å². The lowest BCUT2D eigenvalue weighted by atomic mass is 9.84. The monoisotopic (exact) mass is 252 g/mol. The van der Waals surface area contributed by atoms with E-state index in [0.29, 0.717) is 19.3 Å². The fraction of sp³-hybridized carbons (Fsp3) is 0.643. The highest BCUT2D eigenvalue weighted by atomic mass is 16.6. The van der Waals surface area contributed by atoms with Crippen molar-refractivity contribution in [2.24, 2.45) is 5.41 Å². The van der Waals surface area contributed by atoms with Crippen LogP contribution in [0.5, 0.6) is 0 Å². The molecule has 1 fully saturated rings. The molecule has 4 heteroatoms. The lowest BCUT2D eigenvalue weighted by molar-refractivity contribution is -0.166. The highest BCUT2D eigenvalue weighted by molar-refractivity contribution is 6.08. The molecule has 0 radical (unpaired) electrons. The van der Waals surface area contributed by atoms with E-state index in [2.05, 4.69) is 0 Å². The van der Waals surface area contributed by atoms with Crippen LogP contribution in [-0.2, 0) is 19.1 Å². The average molecular weight is 252 g/mol. The molecule has 0 bridgehead atoms. The molecule has 1 saturated carbocycles. The van der Waals surface area contributed by atoms with Gasteiger partial charge in [0, 0.05) is 6.42 Å². The third-order valence-corrected chi connectivity index (χ3v) is 2.84. The van der Waals surface area contributed by atoms with E-state index in [1.807, 2.05) is 0 Å². The molecular formula is C14H20O4. The third-order valence-electron chi connectivity index (χ3n) is 2.84. The fourth-order valence-electron chi connectivity index (χ4n) is 1.98. The van der Waals surface area contributed by atoms with Crippen molar-refractivity contribution in [1.29, 1.82) is 0 Å². The normalized spacial score (nSPS) is 24.6. The number of ether oxygens (including phenoxy) is 1. The number of hydrogen-bond donors (Lipinski definition) is 0. The van der Waals surface area contributed by atoms with Gasteiger partial charge in [-0.3, -0.25) is 14.4 Å². The van der Waals surface area contributed by atoms with Crippen LogP contribution in [0.25, 0.3) is 0 Å². The van der Waals surface area contributed by atoms with E-state index in [1.54, 1.807) is 20.8 Å². The summed E-state index contributed by atoms with van der Waals surface area (Å²) in [5.74, 6) is -0.887. The van der Waals surface area contributed by atoms with Crippen LogP contribution < -0.4 is 0 Å². The molecule has 1 atom stereocenters. The van der Waals surface area contributed by atoms with E-state index < -0.39 is 17.0 Å². The number of ketones is 2. The molecule has 18 heavy (non-hydrogen) atoms. The first-order valence-electron chi connectivity index (χ1n) is 6.14. The quantitative estimate of drug-likeness (QED) is 0.439. The van der Waals surface area contributed by atoms with Crippen LogP contribution in [0.4, 0.5) is 0 Å². The van der Waals surface area contributed by atoms with E-state index in [-0.39, 0.29) is 11.6 Å². The molecule has 0 aromatic heterocycles. The van der Waals surface area contributed by atoms with E-state index in [0.717, 1.165) is 0 Å². The maximum absolute atomic E-state index is 12.2. The zero-order chi connectivity index (χ0) is 14.0. The maximum Gasteiger partial charge on any atom is 0.324 e. The van der Waals surface area contributed by atoms with Gasteiger partial charge >= 0.3 is 5.97 Å². The summed E-state index contributed by atoms with van der Waals surface area (Å²) >= 11 is 0. The summed E-state index contributed by atoms with van der Waals surface area (Å²) in [6.45, 7) is 6.66. The molecule has 0 aromatic rings. The van der Waals surface area contributed by atoms with E-state index in [1.165, 1.54) is 19.1 Å². The van der Waals surface area contributed by atoms with Crippen LogP contribution in [0.3, 0.4) is 0 Å². The topological polar surface area (TPSA) is 60.4 Å². The molecule has 0 aromatic carbocycles. The van der Waals surface area contributed by atoms with Crippen molar-refractivity contribution in [1.82, 2.24) is 0 Å². The van der Waals surface area contributed by atoms with Crippen LogP contribution >= 0.6 is 0 Å². The SMILES string of the molecule is CC(=O)/C=C\[C@@]1(C(=O)OC(C)(C)C)CCCC1=O. The Morgan fingerprint density at radius 1 is 1.33 bits per heavy atom. The Morgan fingerprint density at radius 2 is 1.94 bits per heavy atom. The number of rotatable bonds is 3. The summed E-state index contributed by atoms with van der Waals surface area (Å²) in [5.41, 5.74) is -1.89. The van der Waals surface area contributed by atoms with Crippen LogP contribution in [0, 0.1) is 5.41 Å². The number of hydrogen-bond acceptors (Lipinski definition) is 4. The van der Waals surface area contributed by atoms with Crippen molar-refractivity contribution >= 4 is 17.5 Å². The summed E-state index contributed by atoms with van der Waals surface area (Å²) in [6.07, 6.45) is 4.14. The summed E-state index contributed by atoms with van der Waals surface area (Å²) in [5, 5.41) is 0. The van der Waals surface area contributed by atoms with E-state index >= 15 is 0 Å². The predicted octanol–water partition coefficient (Wildman–Crippen LogP) is 2.21. The molecule has 0 N–H and O–H groups in total. The standard InChI is InChI=1S/C14H20O4/c1-10(15)7-9-14(8-5-6-11(14)16)12(17)18-13(2,3)4/h7,9H,5-6,8H2,1-4H3/b9-7-/t14-/m0/s1. The van der Waals surface area contributed by atoms with Gasteiger partial charge in [0.15, 0.2) is 11.6 Å². The second-order valence-corrected chi connectivity index (χ2v) is 5.69. The highest BCUT2D eigenvalue weighted by Crippen LogP contribution is 2.38.